The molecule has 0 spiro atoms. The second-order valence-corrected chi connectivity index (χ2v) is 16.7. The first kappa shape index (κ1) is 36.7. The second-order valence-electron chi connectivity index (χ2n) is 16.7. The molecule has 272 valence electrons. The number of hydrogen-bond donors (Lipinski definition) is 2. The third kappa shape index (κ3) is 7.46. The van der Waals surface area contributed by atoms with E-state index in [0.29, 0.717) is 35.7 Å². The Balaban J connectivity index is 1.22. The van der Waals surface area contributed by atoms with E-state index < -0.39 is 29.3 Å². The van der Waals surface area contributed by atoms with Crippen molar-refractivity contribution in [1.29, 1.82) is 5.26 Å². The Morgan fingerprint density at radius 2 is 1.75 bits per heavy atom. The van der Waals surface area contributed by atoms with E-state index in [1.165, 1.54) is 11.1 Å². The lowest BCUT2D eigenvalue weighted by atomic mass is 9.47. The van der Waals surface area contributed by atoms with Crippen molar-refractivity contribution in [2.75, 3.05) is 13.2 Å². The molecule has 3 aliphatic carbocycles. The minimum absolute atomic E-state index is 0.00360. The number of hydrogen-bond acceptors (Lipinski definition) is 7. The fourth-order valence-corrected chi connectivity index (χ4v) is 9.77. The van der Waals surface area contributed by atoms with Gasteiger partial charge in [0.25, 0.3) is 0 Å². The van der Waals surface area contributed by atoms with Gasteiger partial charge in [-0.15, -0.1) is 0 Å². The van der Waals surface area contributed by atoms with Crippen LogP contribution in [0.25, 0.3) is 11.1 Å². The first-order chi connectivity index (χ1) is 24.2. The summed E-state index contributed by atoms with van der Waals surface area (Å²) in [5.41, 5.74) is 3.50. The van der Waals surface area contributed by atoms with Crippen LogP contribution in [0.2, 0.25) is 0 Å². The zero-order chi connectivity index (χ0) is 36.6. The van der Waals surface area contributed by atoms with E-state index in [0.717, 1.165) is 49.8 Å². The first-order valence-electron chi connectivity index (χ1n) is 18.7. The molecule has 6 rings (SSSR count). The molecule has 2 N–H and O–H groups in total. The van der Waals surface area contributed by atoms with Gasteiger partial charge in [-0.05, 0) is 135 Å². The van der Waals surface area contributed by atoms with E-state index in [9.17, 15) is 20.0 Å². The molecule has 1 heterocycles. The number of benzene rings is 2. The quantitative estimate of drug-likeness (QED) is 0.210. The number of carbonyl (C=O) groups excluding carboxylic acids is 2. The van der Waals surface area contributed by atoms with Crippen LogP contribution in [0.1, 0.15) is 97.1 Å². The van der Waals surface area contributed by atoms with Crippen molar-refractivity contribution in [3.05, 3.63) is 83.6 Å². The van der Waals surface area contributed by atoms with E-state index in [-0.39, 0.29) is 23.9 Å². The molecule has 0 radical (unpaired) electrons. The molecule has 0 aromatic heterocycles. The highest BCUT2D eigenvalue weighted by molar-refractivity contribution is 5.81. The van der Waals surface area contributed by atoms with Gasteiger partial charge >= 0.3 is 12.1 Å². The molecule has 2 aromatic rings. The van der Waals surface area contributed by atoms with E-state index in [1.807, 2.05) is 50.5 Å². The van der Waals surface area contributed by atoms with Gasteiger partial charge in [-0.2, -0.15) is 5.26 Å². The van der Waals surface area contributed by atoms with Gasteiger partial charge in [-0.3, -0.25) is 0 Å². The van der Waals surface area contributed by atoms with Gasteiger partial charge in [0.1, 0.15) is 18.2 Å². The number of nitrogens with one attached hydrogen (secondary N) is 1. The number of esters is 1. The lowest BCUT2D eigenvalue weighted by Gasteiger charge is -2.58. The predicted molar refractivity (Wildman–Crippen MR) is 196 cm³/mol. The number of fused-ring (bicyclic) bond motifs is 5. The molecule has 4 unspecified atom stereocenters. The lowest BCUT2D eigenvalue weighted by molar-refractivity contribution is -0.146. The van der Waals surface area contributed by atoms with Crippen molar-refractivity contribution in [3.63, 3.8) is 0 Å². The smallest absolute Gasteiger partial charge is 0.408 e. The number of nitriles is 1. The fourth-order valence-electron chi connectivity index (χ4n) is 9.77. The van der Waals surface area contributed by atoms with Crippen LogP contribution in [0, 0.1) is 46.3 Å². The molecular formula is C43H54N2O6. The molecule has 1 amide bonds. The Kier molecular flexibility index (Phi) is 10.4. The molecular weight excluding hydrogens is 640 g/mol. The minimum Gasteiger partial charge on any atom is -0.501 e. The van der Waals surface area contributed by atoms with Crippen LogP contribution < -0.4 is 5.32 Å². The number of carbonyl (C=O) groups is 2. The monoisotopic (exact) mass is 694 g/mol. The zero-order valence-corrected chi connectivity index (χ0v) is 31.0. The zero-order valence-electron chi connectivity index (χ0n) is 31.0. The number of nitrogens with zero attached hydrogens (tertiary/aromatic N) is 1. The summed E-state index contributed by atoms with van der Waals surface area (Å²) in [5, 5.41) is 24.4. The number of alkyl carbamates (subject to hydrolysis) is 1. The second kappa shape index (κ2) is 14.5. The van der Waals surface area contributed by atoms with Crippen LogP contribution in [0.3, 0.4) is 0 Å². The Hall–Kier alpha value is -4.09. The average molecular weight is 695 g/mol. The molecule has 3 saturated carbocycles. The maximum Gasteiger partial charge on any atom is 0.408 e. The van der Waals surface area contributed by atoms with Crippen molar-refractivity contribution < 1.29 is 28.9 Å². The number of rotatable bonds is 8. The summed E-state index contributed by atoms with van der Waals surface area (Å²) in [4.78, 5) is 25.5. The van der Waals surface area contributed by atoms with Crippen molar-refractivity contribution in [3.8, 4) is 17.2 Å². The van der Waals surface area contributed by atoms with E-state index >= 15 is 0 Å². The molecule has 51 heavy (non-hydrogen) atoms. The number of ether oxygens (including phenoxy) is 3. The molecule has 0 saturated heterocycles. The summed E-state index contributed by atoms with van der Waals surface area (Å²) in [6.07, 6.45) is 10.7. The van der Waals surface area contributed by atoms with Crippen molar-refractivity contribution in [1.82, 2.24) is 5.32 Å². The summed E-state index contributed by atoms with van der Waals surface area (Å²) in [5.74, 6) is 1.36. The van der Waals surface area contributed by atoms with Crippen molar-refractivity contribution in [2.24, 2.45) is 35.0 Å². The van der Waals surface area contributed by atoms with Gasteiger partial charge in [0.15, 0.2) is 0 Å². The van der Waals surface area contributed by atoms with Gasteiger partial charge in [-0.25, -0.2) is 9.59 Å². The molecule has 8 heteroatoms. The Morgan fingerprint density at radius 1 is 1.06 bits per heavy atom. The van der Waals surface area contributed by atoms with Gasteiger partial charge in [0, 0.05) is 5.41 Å². The largest absolute Gasteiger partial charge is 0.501 e. The van der Waals surface area contributed by atoms with E-state index in [2.05, 4.69) is 42.6 Å². The number of aliphatic hydroxyl groups is 1. The molecule has 3 fully saturated rings. The maximum atomic E-state index is 13.1. The minimum atomic E-state index is -1.05. The summed E-state index contributed by atoms with van der Waals surface area (Å²) in [7, 11) is 0. The third-order valence-electron chi connectivity index (χ3n) is 12.2. The third-order valence-corrected chi connectivity index (χ3v) is 12.2. The highest BCUT2D eigenvalue weighted by Gasteiger charge is 2.64. The SMILES string of the molecule is CC(C)[C@H](NC(=O)OC(C)(C)C)C(=O)OC/C=C\[C@]1(O)CCC2C3CCC4=COCCC4C3[C@@H](c3ccc(-c4ccc(C#N)cc4)cc3)C[C@@]21C. The molecule has 8 nitrogen and oxygen atoms in total. The summed E-state index contributed by atoms with van der Waals surface area (Å²) in [6.45, 7) is 12.0. The molecule has 2 aromatic carbocycles. The van der Waals surface area contributed by atoms with Crippen LogP contribution >= 0.6 is 0 Å². The van der Waals surface area contributed by atoms with Gasteiger partial charge in [0.2, 0.25) is 0 Å². The Morgan fingerprint density at radius 3 is 2.39 bits per heavy atom. The molecule has 4 aliphatic rings. The van der Waals surface area contributed by atoms with Crippen LogP contribution in [0.5, 0.6) is 0 Å². The first-order valence-corrected chi connectivity index (χ1v) is 18.7. The standard InChI is InChI=1S/C43H54N2O6/c1-27(2)38(45-40(47)51-41(3,4)5)39(46)50-22-7-20-43(48)21-18-36-34-17-16-32-26-49-23-19-33(32)37(34)35(24-42(36,43)6)31-14-12-30(13-15-31)29-10-8-28(25-44)9-11-29/h7-15,20,26-27,33-38,48H,16-19,21-24H2,1-6H3,(H,45,47)/b20-7-/t33?,34?,35-,36?,37?,38+,42+,43+/m1/s1. The number of amides is 1. The highest BCUT2D eigenvalue weighted by Crippen LogP contribution is 2.68. The summed E-state index contributed by atoms with van der Waals surface area (Å²) in [6, 6.07) is 18.0. The van der Waals surface area contributed by atoms with Gasteiger partial charge < -0.3 is 24.6 Å². The molecule has 1 aliphatic heterocycles. The Bertz CT molecular complexity index is 1680. The Labute approximate surface area is 303 Å². The van der Waals surface area contributed by atoms with Crippen molar-refractivity contribution >= 4 is 12.1 Å². The van der Waals surface area contributed by atoms with Crippen LogP contribution in [0.15, 0.2) is 72.5 Å². The fraction of sp³-hybridized carbons (Fsp3) is 0.558. The van der Waals surface area contributed by atoms with Crippen molar-refractivity contribution in [2.45, 2.75) is 103 Å². The van der Waals surface area contributed by atoms with Crippen LogP contribution in [-0.2, 0) is 19.0 Å². The van der Waals surface area contributed by atoms with E-state index in [4.69, 9.17) is 14.2 Å². The topological polar surface area (TPSA) is 118 Å². The summed E-state index contributed by atoms with van der Waals surface area (Å²) < 4.78 is 16.8. The number of allylic oxidation sites excluding steroid dienone is 1. The average Bonchev–Trinajstić information content (AvgIpc) is 3.37. The highest BCUT2D eigenvalue weighted by atomic mass is 16.6. The normalized spacial score (nSPS) is 30.6. The van der Waals surface area contributed by atoms with Gasteiger partial charge in [0.05, 0.1) is 30.1 Å². The summed E-state index contributed by atoms with van der Waals surface area (Å²) >= 11 is 0. The lowest BCUT2D eigenvalue weighted by Crippen LogP contribution is -2.54. The molecule has 0 bridgehead atoms. The maximum absolute atomic E-state index is 13.1. The van der Waals surface area contributed by atoms with E-state index in [1.54, 1.807) is 26.8 Å². The van der Waals surface area contributed by atoms with Gasteiger partial charge in [-0.1, -0.05) is 63.2 Å². The molecule has 8 atom stereocenters. The van der Waals surface area contributed by atoms with Crippen LogP contribution in [0.4, 0.5) is 4.79 Å². The van der Waals surface area contributed by atoms with Crippen LogP contribution in [-0.4, -0.2) is 47.6 Å². The predicted octanol–water partition coefficient (Wildman–Crippen LogP) is 8.46.